The van der Waals surface area contributed by atoms with Crippen molar-refractivity contribution < 1.29 is 4.92 Å². The maximum atomic E-state index is 10.7. The van der Waals surface area contributed by atoms with E-state index in [4.69, 9.17) is 11.6 Å². The van der Waals surface area contributed by atoms with Crippen LogP contribution in [0.2, 0.25) is 5.15 Å². The van der Waals surface area contributed by atoms with Crippen LogP contribution in [0.5, 0.6) is 0 Å². The molecule has 2 aromatic heterocycles. The van der Waals surface area contributed by atoms with E-state index in [0.29, 0.717) is 12.4 Å². The number of nitro groups is 1. The molecule has 0 aliphatic heterocycles. The number of pyridine rings is 1. The summed E-state index contributed by atoms with van der Waals surface area (Å²) in [6.45, 7) is 0.641. The fourth-order valence-electron chi connectivity index (χ4n) is 1.49. The highest BCUT2D eigenvalue weighted by atomic mass is 35.5. The van der Waals surface area contributed by atoms with Crippen molar-refractivity contribution >= 4 is 34.4 Å². The third-order valence-corrected chi connectivity index (χ3v) is 3.40. The lowest BCUT2D eigenvalue weighted by Crippen LogP contribution is -2.17. The van der Waals surface area contributed by atoms with Crippen LogP contribution in [0.15, 0.2) is 29.6 Å². The first kappa shape index (κ1) is 12.8. The number of anilines is 1. The number of thiophene rings is 1. The van der Waals surface area contributed by atoms with Crippen molar-refractivity contribution in [3.63, 3.8) is 0 Å². The van der Waals surface area contributed by atoms with Crippen LogP contribution >= 0.6 is 22.9 Å². The molecule has 2 rings (SSSR count). The second-order valence-electron chi connectivity index (χ2n) is 3.70. The Hall–Kier alpha value is -1.66. The van der Waals surface area contributed by atoms with Gasteiger partial charge in [-0.2, -0.15) is 0 Å². The molecule has 0 fully saturated rings. The average Bonchev–Trinajstić information content (AvgIpc) is 2.80. The molecule has 0 aromatic carbocycles. The lowest BCUT2D eigenvalue weighted by molar-refractivity contribution is -0.384. The van der Waals surface area contributed by atoms with Crippen LogP contribution < -0.4 is 4.90 Å². The molecule has 94 valence electrons. The molecule has 0 amide bonds. The molecule has 7 heteroatoms. The molecule has 0 atom stereocenters. The van der Waals surface area contributed by atoms with Crippen LogP contribution in [0.1, 0.15) is 4.88 Å². The summed E-state index contributed by atoms with van der Waals surface area (Å²) < 4.78 is 0. The van der Waals surface area contributed by atoms with Crippen LogP contribution in [0, 0.1) is 10.1 Å². The Morgan fingerprint density at radius 1 is 1.56 bits per heavy atom. The minimum atomic E-state index is -0.476. The van der Waals surface area contributed by atoms with Crippen molar-refractivity contribution in [3.05, 3.63) is 49.8 Å². The summed E-state index contributed by atoms with van der Waals surface area (Å²) in [5.74, 6) is 0.489. The van der Waals surface area contributed by atoms with E-state index < -0.39 is 4.92 Å². The number of halogens is 1. The summed E-state index contributed by atoms with van der Waals surface area (Å²) in [7, 11) is 1.82. The average molecular weight is 284 g/mol. The number of hydrogen-bond acceptors (Lipinski definition) is 5. The summed E-state index contributed by atoms with van der Waals surface area (Å²) in [6, 6.07) is 6.62. The van der Waals surface area contributed by atoms with Gasteiger partial charge in [0.2, 0.25) is 0 Å². The molecule has 2 heterocycles. The summed E-state index contributed by atoms with van der Waals surface area (Å²) >= 11 is 7.40. The third kappa shape index (κ3) is 2.96. The molecule has 0 aliphatic carbocycles. The zero-order valence-corrected chi connectivity index (χ0v) is 11.1. The van der Waals surface area contributed by atoms with Crippen molar-refractivity contribution in [1.29, 1.82) is 0 Å². The van der Waals surface area contributed by atoms with Crippen molar-refractivity contribution in [3.8, 4) is 0 Å². The fraction of sp³-hybridized carbons (Fsp3) is 0.182. The van der Waals surface area contributed by atoms with Crippen LogP contribution in [0.4, 0.5) is 11.5 Å². The second-order valence-corrected chi connectivity index (χ2v) is 5.12. The monoisotopic (exact) mass is 283 g/mol. The van der Waals surface area contributed by atoms with E-state index in [1.807, 2.05) is 29.5 Å². The molecule has 0 aliphatic rings. The fourth-order valence-corrected chi connectivity index (χ4v) is 2.44. The number of hydrogen-bond donors (Lipinski definition) is 0. The van der Waals surface area contributed by atoms with Crippen molar-refractivity contribution in [2.45, 2.75) is 6.54 Å². The van der Waals surface area contributed by atoms with Crippen LogP contribution in [0.3, 0.4) is 0 Å². The van der Waals surface area contributed by atoms with Crippen molar-refractivity contribution in [1.82, 2.24) is 4.98 Å². The van der Waals surface area contributed by atoms with Gasteiger partial charge in [-0.25, -0.2) is 4.98 Å². The minimum absolute atomic E-state index is 0.0528. The van der Waals surface area contributed by atoms with Gasteiger partial charge in [-0.3, -0.25) is 10.1 Å². The largest absolute Gasteiger partial charge is 0.354 e. The Balaban J connectivity index is 2.24. The Bertz CT molecular complexity index is 559. The van der Waals surface area contributed by atoms with E-state index >= 15 is 0 Å². The molecule has 0 bridgehead atoms. The lowest BCUT2D eigenvalue weighted by Gasteiger charge is -2.17. The first-order valence-electron chi connectivity index (χ1n) is 5.12. The van der Waals surface area contributed by atoms with E-state index in [0.717, 1.165) is 4.88 Å². The van der Waals surface area contributed by atoms with Gasteiger partial charge in [-0.15, -0.1) is 11.3 Å². The van der Waals surface area contributed by atoms with Crippen molar-refractivity contribution in [2.75, 3.05) is 11.9 Å². The first-order chi connectivity index (χ1) is 8.56. The highest BCUT2D eigenvalue weighted by molar-refractivity contribution is 7.09. The molecule has 0 unspecified atom stereocenters. The first-order valence-corrected chi connectivity index (χ1v) is 6.37. The van der Waals surface area contributed by atoms with E-state index in [9.17, 15) is 10.1 Å². The molecule has 5 nitrogen and oxygen atoms in total. The van der Waals surface area contributed by atoms with Gasteiger partial charge in [0.1, 0.15) is 11.0 Å². The molecule has 0 saturated carbocycles. The maximum Gasteiger partial charge on any atom is 0.276 e. The lowest BCUT2D eigenvalue weighted by atomic mass is 10.3. The number of rotatable bonds is 4. The van der Waals surface area contributed by atoms with Gasteiger partial charge in [0.25, 0.3) is 5.69 Å². The van der Waals surface area contributed by atoms with Crippen LogP contribution in [-0.4, -0.2) is 17.0 Å². The zero-order chi connectivity index (χ0) is 13.1. The molecule has 0 radical (unpaired) electrons. The predicted molar refractivity (Wildman–Crippen MR) is 72.3 cm³/mol. The molecule has 0 spiro atoms. The van der Waals surface area contributed by atoms with Gasteiger partial charge in [0.05, 0.1) is 23.6 Å². The Morgan fingerprint density at radius 2 is 2.33 bits per heavy atom. The summed E-state index contributed by atoms with van der Waals surface area (Å²) in [5.41, 5.74) is -0.0528. The maximum absolute atomic E-state index is 10.7. The quantitative estimate of drug-likeness (QED) is 0.490. The minimum Gasteiger partial charge on any atom is -0.354 e. The standard InChI is InChI=1S/C11H10ClN3O2S/c1-14(7-9-3-2-4-18-9)11-6-8(15(16)17)5-10(12)13-11/h2-6H,7H2,1H3. The smallest absolute Gasteiger partial charge is 0.276 e. The normalized spacial score (nSPS) is 10.3. The Morgan fingerprint density at radius 3 is 2.94 bits per heavy atom. The summed E-state index contributed by atoms with van der Waals surface area (Å²) in [5, 5.41) is 12.9. The van der Waals surface area contributed by atoms with Gasteiger partial charge < -0.3 is 4.90 Å². The predicted octanol–water partition coefficient (Wildman–Crippen LogP) is 3.34. The van der Waals surface area contributed by atoms with E-state index in [-0.39, 0.29) is 10.8 Å². The SMILES string of the molecule is CN(Cc1cccs1)c1cc([N+](=O)[O-])cc(Cl)n1. The van der Waals surface area contributed by atoms with Gasteiger partial charge in [-0.1, -0.05) is 17.7 Å². The molecular weight excluding hydrogens is 274 g/mol. The molecule has 2 aromatic rings. The van der Waals surface area contributed by atoms with Gasteiger partial charge in [0.15, 0.2) is 0 Å². The Labute approximate surface area is 113 Å². The van der Waals surface area contributed by atoms with E-state index in [1.54, 1.807) is 11.3 Å². The second kappa shape index (κ2) is 5.32. The number of nitrogens with zero attached hydrogens (tertiary/aromatic N) is 3. The van der Waals surface area contributed by atoms with Crippen LogP contribution in [-0.2, 0) is 6.54 Å². The highest BCUT2D eigenvalue weighted by Gasteiger charge is 2.13. The third-order valence-electron chi connectivity index (χ3n) is 2.34. The molecule has 0 N–H and O–H groups in total. The molecule has 18 heavy (non-hydrogen) atoms. The molecule has 0 saturated heterocycles. The van der Waals surface area contributed by atoms with Crippen molar-refractivity contribution in [2.24, 2.45) is 0 Å². The summed E-state index contributed by atoms with van der Waals surface area (Å²) in [4.78, 5) is 17.3. The van der Waals surface area contributed by atoms with E-state index in [1.165, 1.54) is 12.1 Å². The van der Waals surface area contributed by atoms with Gasteiger partial charge >= 0.3 is 0 Å². The summed E-state index contributed by atoms with van der Waals surface area (Å²) in [6.07, 6.45) is 0. The molecular formula is C11H10ClN3O2S. The van der Waals surface area contributed by atoms with Gasteiger partial charge in [-0.05, 0) is 11.4 Å². The Kier molecular flexibility index (Phi) is 3.78. The topological polar surface area (TPSA) is 59.3 Å². The van der Waals surface area contributed by atoms with E-state index in [2.05, 4.69) is 4.98 Å². The highest BCUT2D eigenvalue weighted by Crippen LogP contribution is 2.24. The zero-order valence-electron chi connectivity index (χ0n) is 9.54. The number of aromatic nitrogens is 1. The van der Waals surface area contributed by atoms with Gasteiger partial charge in [0, 0.05) is 11.9 Å². The van der Waals surface area contributed by atoms with Crippen LogP contribution in [0.25, 0.3) is 0 Å².